The minimum atomic E-state index is -0.699. The molecule has 0 aliphatic heterocycles. The van der Waals surface area contributed by atoms with E-state index in [1.807, 2.05) is 0 Å². The Morgan fingerprint density at radius 2 is 1.62 bits per heavy atom. The Morgan fingerprint density at radius 3 is 2.28 bits per heavy atom. The minimum absolute atomic E-state index is 0.0803. The number of carbonyl (C=O) groups is 2. The third-order valence-corrected chi connectivity index (χ3v) is 4.19. The maximum Gasteiger partial charge on any atom is 0.343 e. The fraction of sp³-hybridized carbons (Fsp3) is 0. The first-order chi connectivity index (χ1) is 13.9. The van der Waals surface area contributed by atoms with Crippen molar-refractivity contribution in [2.45, 2.75) is 0 Å². The summed E-state index contributed by atoms with van der Waals surface area (Å²) in [7, 11) is 0. The van der Waals surface area contributed by atoms with Gasteiger partial charge in [0.2, 0.25) is 0 Å². The quantitative estimate of drug-likeness (QED) is 0.137. The van der Waals surface area contributed by atoms with Gasteiger partial charge < -0.3 is 4.74 Å². The molecule has 29 heavy (non-hydrogen) atoms. The molecule has 0 heterocycles. The van der Waals surface area contributed by atoms with E-state index in [9.17, 15) is 19.7 Å². The Balaban J connectivity index is 1.64. The molecule has 6 nitrogen and oxygen atoms in total. The zero-order valence-corrected chi connectivity index (χ0v) is 15.7. The zero-order chi connectivity index (χ0) is 20.8. The van der Waals surface area contributed by atoms with Gasteiger partial charge >= 0.3 is 5.97 Å². The number of non-ortho nitro benzene ring substituents is 1. The summed E-state index contributed by atoms with van der Waals surface area (Å²) in [5.74, 6) is -0.583. The maximum atomic E-state index is 12.2. The molecular formula is C22H14ClNO5. The first-order valence-electron chi connectivity index (χ1n) is 8.47. The van der Waals surface area contributed by atoms with E-state index < -0.39 is 10.9 Å². The number of esters is 1. The fourth-order valence-corrected chi connectivity index (χ4v) is 2.57. The zero-order valence-electron chi connectivity index (χ0n) is 14.9. The summed E-state index contributed by atoms with van der Waals surface area (Å²) in [5, 5.41) is 11.4. The van der Waals surface area contributed by atoms with Crippen LogP contribution in [0.15, 0.2) is 78.9 Å². The number of allylic oxidation sites excluding steroid dienone is 1. The highest BCUT2D eigenvalue weighted by atomic mass is 35.5. The second-order valence-corrected chi connectivity index (χ2v) is 6.41. The fourth-order valence-electron chi connectivity index (χ4n) is 2.44. The number of hydrogen-bond acceptors (Lipinski definition) is 5. The van der Waals surface area contributed by atoms with E-state index in [-0.39, 0.29) is 22.8 Å². The highest BCUT2D eigenvalue weighted by Gasteiger charge is 2.13. The molecule has 3 aromatic carbocycles. The molecule has 0 unspecified atom stereocenters. The molecular weight excluding hydrogens is 394 g/mol. The summed E-state index contributed by atoms with van der Waals surface area (Å²) in [6.07, 6.45) is 3.08. The van der Waals surface area contributed by atoms with Crippen molar-refractivity contribution >= 4 is 35.1 Å². The maximum absolute atomic E-state index is 12.2. The summed E-state index contributed by atoms with van der Waals surface area (Å²) in [6, 6.07) is 18.4. The smallest absolute Gasteiger partial charge is 0.343 e. The molecule has 0 saturated heterocycles. The third-order valence-electron chi connectivity index (χ3n) is 3.94. The van der Waals surface area contributed by atoms with Gasteiger partial charge in [-0.1, -0.05) is 35.9 Å². The van der Waals surface area contributed by atoms with Gasteiger partial charge in [-0.05, 0) is 54.1 Å². The Kier molecular flexibility index (Phi) is 6.16. The molecule has 0 aliphatic rings. The van der Waals surface area contributed by atoms with E-state index in [1.54, 1.807) is 54.6 Å². The number of benzene rings is 3. The lowest BCUT2D eigenvalue weighted by atomic mass is 10.1. The molecule has 0 fully saturated rings. The number of ether oxygens (including phenoxy) is 1. The summed E-state index contributed by atoms with van der Waals surface area (Å²) in [4.78, 5) is 34.5. The SMILES string of the molecule is O=C(C=Cc1ccc(OC(=O)c2cccc([N+](=O)[O-])c2)cc1)c1ccc(Cl)cc1. The second-order valence-electron chi connectivity index (χ2n) is 5.97. The first-order valence-corrected chi connectivity index (χ1v) is 8.85. The molecule has 0 spiro atoms. The van der Waals surface area contributed by atoms with Gasteiger partial charge in [-0.2, -0.15) is 0 Å². The van der Waals surface area contributed by atoms with Gasteiger partial charge in [-0.15, -0.1) is 0 Å². The van der Waals surface area contributed by atoms with Crippen molar-refractivity contribution < 1.29 is 19.2 Å². The van der Waals surface area contributed by atoms with Gasteiger partial charge in [0, 0.05) is 22.7 Å². The molecule has 0 amide bonds. The minimum Gasteiger partial charge on any atom is -0.423 e. The van der Waals surface area contributed by atoms with Gasteiger partial charge in [0.05, 0.1) is 10.5 Å². The first kappa shape index (κ1) is 20.0. The van der Waals surface area contributed by atoms with Crippen molar-refractivity contribution in [3.05, 3.63) is 111 Å². The summed E-state index contributed by atoms with van der Waals surface area (Å²) in [6.45, 7) is 0. The Hall–Kier alpha value is -3.77. The molecule has 7 heteroatoms. The van der Waals surface area contributed by atoms with Crippen LogP contribution in [0, 0.1) is 10.1 Å². The van der Waals surface area contributed by atoms with Gasteiger partial charge in [0.25, 0.3) is 5.69 Å². The number of rotatable bonds is 6. The molecule has 144 valence electrons. The van der Waals surface area contributed by atoms with Crippen LogP contribution in [0.3, 0.4) is 0 Å². The summed E-state index contributed by atoms with van der Waals surface area (Å²) >= 11 is 5.81. The second kappa shape index (κ2) is 8.95. The molecule has 3 rings (SSSR count). The summed E-state index contributed by atoms with van der Waals surface area (Å²) in [5.41, 5.74) is 1.15. The van der Waals surface area contributed by atoms with Crippen LogP contribution in [0.2, 0.25) is 5.02 Å². The van der Waals surface area contributed by atoms with E-state index in [0.717, 1.165) is 11.6 Å². The number of carbonyl (C=O) groups excluding carboxylic acids is 2. The lowest BCUT2D eigenvalue weighted by molar-refractivity contribution is -0.384. The lowest BCUT2D eigenvalue weighted by Gasteiger charge is -2.04. The highest BCUT2D eigenvalue weighted by molar-refractivity contribution is 6.30. The van der Waals surface area contributed by atoms with Crippen LogP contribution in [0.25, 0.3) is 6.08 Å². The van der Waals surface area contributed by atoms with Crippen molar-refractivity contribution in [2.75, 3.05) is 0 Å². The molecule has 0 aliphatic carbocycles. The number of nitro groups is 1. The van der Waals surface area contributed by atoms with Crippen molar-refractivity contribution in [3.63, 3.8) is 0 Å². The number of nitrogens with zero attached hydrogens (tertiary/aromatic N) is 1. The number of nitro benzene ring substituents is 1. The molecule has 3 aromatic rings. The van der Waals surface area contributed by atoms with Crippen LogP contribution in [-0.2, 0) is 0 Å². The van der Waals surface area contributed by atoms with E-state index in [1.165, 1.54) is 24.3 Å². The molecule has 0 bridgehead atoms. The van der Waals surface area contributed by atoms with Crippen molar-refractivity contribution in [3.8, 4) is 5.75 Å². The molecule has 0 atom stereocenters. The summed E-state index contributed by atoms with van der Waals surface area (Å²) < 4.78 is 5.23. The predicted octanol–water partition coefficient (Wildman–Crippen LogP) is 5.36. The number of ketones is 1. The van der Waals surface area contributed by atoms with Crippen LogP contribution in [-0.4, -0.2) is 16.7 Å². The number of halogens is 1. The Morgan fingerprint density at radius 1 is 0.931 bits per heavy atom. The Bertz CT molecular complexity index is 1090. The van der Waals surface area contributed by atoms with Crippen LogP contribution in [0.5, 0.6) is 5.75 Å². The molecule has 0 aromatic heterocycles. The van der Waals surface area contributed by atoms with Crippen LogP contribution in [0.1, 0.15) is 26.3 Å². The van der Waals surface area contributed by atoms with Gasteiger partial charge in [0.1, 0.15) is 5.75 Å². The average Bonchev–Trinajstić information content (AvgIpc) is 2.73. The monoisotopic (exact) mass is 407 g/mol. The van der Waals surface area contributed by atoms with Crippen LogP contribution < -0.4 is 4.74 Å². The van der Waals surface area contributed by atoms with Gasteiger partial charge in [-0.3, -0.25) is 14.9 Å². The molecule has 0 N–H and O–H groups in total. The molecule has 0 radical (unpaired) electrons. The van der Waals surface area contributed by atoms with Crippen molar-refractivity contribution in [1.29, 1.82) is 0 Å². The largest absolute Gasteiger partial charge is 0.423 e. The third kappa shape index (κ3) is 5.37. The normalized spacial score (nSPS) is 10.7. The van der Waals surface area contributed by atoms with Crippen LogP contribution in [0.4, 0.5) is 5.69 Å². The van der Waals surface area contributed by atoms with E-state index in [0.29, 0.717) is 10.6 Å². The topological polar surface area (TPSA) is 86.5 Å². The van der Waals surface area contributed by atoms with E-state index in [2.05, 4.69) is 0 Å². The Labute approximate surface area is 171 Å². The van der Waals surface area contributed by atoms with E-state index >= 15 is 0 Å². The van der Waals surface area contributed by atoms with Gasteiger partial charge in [-0.25, -0.2) is 4.79 Å². The lowest BCUT2D eigenvalue weighted by Crippen LogP contribution is -2.08. The van der Waals surface area contributed by atoms with E-state index in [4.69, 9.17) is 16.3 Å². The van der Waals surface area contributed by atoms with Crippen LogP contribution >= 0.6 is 11.6 Å². The van der Waals surface area contributed by atoms with Gasteiger partial charge in [0.15, 0.2) is 5.78 Å². The van der Waals surface area contributed by atoms with Crippen molar-refractivity contribution in [2.24, 2.45) is 0 Å². The molecule has 0 saturated carbocycles. The standard InChI is InChI=1S/C22H14ClNO5/c23-18-9-7-16(8-10-18)21(25)13-6-15-4-11-20(12-5-15)29-22(26)17-2-1-3-19(14-17)24(27)28/h1-14H. The highest BCUT2D eigenvalue weighted by Crippen LogP contribution is 2.18. The van der Waals surface area contributed by atoms with Crippen molar-refractivity contribution in [1.82, 2.24) is 0 Å². The predicted molar refractivity (Wildman–Crippen MR) is 109 cm³/mol. The average molecular weight is 408 g/mol. The number of hydrogen-bond donors (Lipinski definition) is 0.